The van der Waals surface area contributed by atoms with E-state index >= 15 is 0 Å². The van der Waals surface area contributed by atoms with Crippen molar-refractivity contribution in [1.82, 2.24) is 24.9 Å². The van der Waals surface area contributed by atoms with Gasteiger partial charge in [0.1, 0.15) is 5.82 Å². The van der Waals surface area contributed by atoms with Crippen molar-refractivity contribution in [2.45, 2.75) is 31.6 Å². The molecule has 1 aliphatic heterocycles. The third-order valence-corrected chi connectivity index (χ3v) is 3.66. The van der Waals surface area contributed by atoms with E-state index in [9.17, 15) is 0 Å². The Hall–Kier alpha value is -1.49. The Bertz CT molecular complexity index is 512. The van der Waals surface area contributed by atoms with Crippen LogP contribution in [0.4, 0.5) is 0 Å². The van der Waals surface area contributed by atoms with Gasteiger partial charge in [-0.25, -0.2) is 0 Å². The molecule has 0 spiro atoms. The van der Waals surface area contributed by atoms with Gasteiger partial charge in [0.15, 0.2) is 5.65 Å². The molecule has 5 heteroatoms. The molecule has 0 radical (unpaired) electrons. The Morgan fingerprint density at radius 3 is 3.18 bits per heavy atom. The zero-order valence-corrected chi connectivity index (χ0v) is 10.1. The van der Waals surface area contributed by atoms with Crippen LogP contribution in [0.3, 0.4) is 0 Å². The second kappa shape index (κ2) is 4.07. The Labute approximate surface area is 100 Å². The minimum absolute atomic E-state index is 0.148. The Kier molecular flexibility index (Phi) is 2.55. The predicted octanol–water partition coefficient (Wildman–Crippen LogP) is 1.16. The maximum Gasteiger partial charge on any atom is 0.179 e. The average molecular weight is 231 g/mol. The first kappa shape index (κ1) is 10.7. The standard InChI is InChI=1S/C12H17N5/c1-2-3-12(4-5-14-9-12)11-16-15-10-8-13-6-7-17(10)11/h6-8,14H,2-5,9H2,1H3. The second-order valence-corrected chi connectivity index (χ2v) is 4.79. The highest BCUT2D eigenvalue weighted by Gasteiger charge is 2.38. The van der Waals surface area contributed by atoms with Crippen LogP contribution in [0, 0.1) is 0 Å². The normalized spacial score (nSPS) is 24.5. The Morgan fingerprint density at radius 2 is 2.41 bits per heavy atom. The summed E-state index contributed by atoms with van der Waals surface area (Å²) in [5.74, 6) is 1.08. The molecule has 17 heavy (non-hydrogen) atoms. The fourth-order valence-electron chi connectivity index (χ4n) is 2.85. The maximum absolute atomic E-state index is 4.40. The number of hydrogen-bond donors (Lipinski definition) is 1. The molecule has 0 aromatic carbocycles. The zero-order chi connectivity index (χ0) is 11.7. The summed E-state index contributed by atoms with van der Waals surface area (Å²) >= 11 is 0. The Morgan fingerprint density at radius 1 is 1.47 bits per heavy atom. The molecule has 1 atom stereocenters. The lowest BCUT2D eigenvalue weighted by atomic mass is 9.81. The van der Waals surface area contributed by atoms with Gasteiger partial charge in [-0.3, -0.25) is 9.38 Å². The van der Waals surface area contributed by atoms with Crippen molar-refractivity contribution >= 4 is 5.65 Å². The van der Waals surface area contributed by atoms with Gasteiger partial charge < -0.3 is 5.32 Å². The van der Waals surface area contributed by atoms with Gasteiger partial charge in [-0.2, -0.15) is 0 Å². The number of aromatic nitrogens is 4. The monoisotopic (exact) mass is 231 g/mol. The van der Waals surface area contributed by atoms with Crippen molar-refractivity contribution < 1.29 is 0 Å². The van der Waals surface area contributed by atoms with Gasteiger partial charge in [0.05, 0.1) is 6.20 Å². The summed E-state index contributed by atoms with van der Waals surface area (Å²) in [7, 11) is 0. The number of nitrogens with one attached hydrogen (secondary N) is 1. The molecule has 0 amide bonds. The minimum atomic E-state index is 0.148. The molecular weight excluding hydrogens is 214 g/mol. The topological polar surface area (TPSA) is 55.1 Å². The van der Waals surface area contributed by atoms with E-state index < -0.39 is 0 Å². The summed E-state index contributed by atoms with van der Waals surface area (Å²) in [6.45, 7) is 4.30. The van der Waals surface area contributed by atoms with E-state index in [1.807, 2.05) is 6.20 Å². The van der Waals surface area contributed by atoms with Crippen molar-refractivity contribution in [1.29, 1.82) is 0 Å². The largest absolute Gasteiger partial charge is 0.316 e. The highest BCUT2D eigenvalue weighted by Crippen LogP contribution is 2.34. The molecule has 0 aliphatic carbocycles. The molecule has 2 aromatic rings. The lowest BCUT2D eigenvalue weighted by Gasteiger charge is -2.25. The van der Waals surface area contributed by atoms with Crippen LogP contribution < -0.4 is 5.32 Å². The zero-order valence-electron chi connectivity index (χ0n) is 10.1. The molecule has 1 saturated heterocycles. The lowest BCUT2D eigenvalue weighted by Crippen LogP contribution is -2.31. The van der Waals surface area contributed by atoms with Crippen LogP contribution >= 0.6 is 0 Å². The summed E-state index contributed by atoms with van der Waals surface area (Å²) < 4.78 is 2.08. The van der Waals surface area contributed by atoms with Crippen molar-refractivity contribution in [3.8, 4) is 0 Å². The Balaban J connectivity index is 2.12. The second-order valence-electron chi connectivity index (χ2n) is 4.79. The van der Waals surface area contributed by atoms with Crippen LogP contribution in [0.1, 0.15) is 32.0 Å². The molecule has 3 rings (SSSR count). The van der Waals surface area contributed by atoms with Gasteiger partial charge in [-0.1, -0.05) is 13.3 Å². The molecule has 3 heterocycles. The van der Waals surface area contributed by atoms with Crippen LogP contribution in [-0.2, 0) is 5.41 Å². The van der Waals surface area contributed by atoms with Gasteiger partial charge in [-0.15, -0.1) is 10.2 Å². The molecule has 90 valence electrons. The molecule has 1 fully saturated rings. The van der Waals surface area contributed by atoms with Gasteiger partial charge in [0.2, 0.25) is 0 Å². The fraction of sp³-hybridized carbons (Fsp3) is 0.583. The van der Waals surface area contributed by atoms with Crippen molar-refractivity contribution in [2.75, 3.05) is 13.1 Å². The highest BCUT2D eigenvalue weighted by atomic mass is 15.3. The minimum Gasteiger partial charge on any atom is -0.316 e. The summed E-state index contributed by atoms with van der Waals surface area (Å²) in [5.41, 5.74) is 0.986. The first-order chi connectivity index (χ1) is 8.36. The maximum atomic E-state index is 4.40. The van der Waals surface area contributed by atoms with Crippen molar-refractivity contribution in [3.05, 3.63) is 24.4 Å². The summed E-state index contributed by atoms with van der Waals surface area (Å²) in [6, 6.07) is 0. The molecule has 0 bridgehead atoms. The first-order valence-electron chi connectivity index (χ1n) is 6.22. The SMILES string of the molecule is CCCC1(c2nnc3cnccn23)CCNC1. The van der Waals surface area contributed by atoms with E-state index in [2.05, 4.69) is 31.8 Å². The number of rotatable bonds is 3. The van der Waals surface area contributed by atoms with Crippen molar-refractivity contribution in [3.63, 3.8) is 0 Å². The van der Waals surface area contributed by atoms with E-state index in [1.54, 1.807) is 12.4 Å². The van der Waals surface area contributed by atoms with E-state index in [0.29, 0.717) is 0 Å². The van der Waals surface area contributed by atoms with Crippen LogP contribution in [0.15, 0.2) is 18.6 Å². The summed E-state index contributed by atoms with van der Waals surface area (Å²) in [5, 5.41) is 12.1. The third-order valence-electron chi connectivity index (χ3n) is 3.66. The number of hydrogen-bond acceptors (Lipinski definition) is 4. The van der Waals surface area contributed by atoms with Crippen LogP contribution in [0.25, 0.3) is 5.65 Å². The lowest BCUT2D eigenvalue weighted by molar-refractivity contribution is 0.398. The molecular formula is C12H17N5. The highest BCUT2D eigenvalue weighted by molar-refractivity contribution is 5.36. The molecule has 1 N–H and O–H groups in total. The smallest absolute Gasteiger partial charge is 0.179 e. The number of nitrogens with zero attached hydrogens (tertiary/aromatic N) is 4. The molecule has 5 nitrogen and oxygen atoms in total. The average Bonchev–Trinajstić information content (AvgIpc) is 2.96. The van der Waals surface area contributed by atoms with Crippen LogP contribution in [0.2, 0.25) is 0 Å². The number of fused-ring (bicyclic) bond motifs is 1. The van der Waals surface area contributed by atoms with Gasteiger partial charge in [0.25, 0.3) is 0 Å². The van der Waals surface area contributed by atoms with Crippen molar-refractivity contribution in [2.24, 2.45) is 0 Å². The van der Waals surface area contributed by atoms with E-state index in [1.165, 1.54) is 6.42 Å². The quantitative estimate of drug-likeness (QED) is 0.861. The molecule has 0 saturated carbocycles. The van der Waals surface area contributed by atoms with E-state index in [4.69, 9.17) is 0 Å². The third kappa shape index (κ3) is 1.61. The van der Waals surface area contributed by atoms with Gasteiger partial charge in [0, 0.05) is 24.4 Å². The van der Waals surface area contributed by atoms with E-state index in [0.717, 1.165) is 37.4 Å². The molecule has 1 aliphatic rings. The summed E-state index contributed by atoms with van der Waals surface area (Å²) in [4.78, 5) is 4.08. The molecule has 1 unspecified atom stereocenters. The van der Waals surface area contributed by atoms with Crippen LogP contribution in [0.5, 0.6) is 0 Å². The predicted molar refractivity (Wildman–Crippen MR) is 64.9 cm³/mol. The summed E-state index contributed by atoms with van der Waals surface area (Å²) in [6.07, 6.45) is 8.98. The van der Waals surface area contributed by atoms with Gasteiger partial charge in [-0.05, 0) is 19.4 Å². The van der Waals surface area contributed by atoms with E-state index in [-0.39, 0.29) is 5.41 Å². The molecule has 2 aromatic heterocycles. The van der Waals surface area contributed by atoms with Crippen LogP contribution in [-0.4, -0.2) is 32.7 Å². The van der Waals surface area contributed by atoms with Gasteiger partial charge >= 0.3 is 0 Å². The fourth-order valence-corrected chi connectivity index (χ4v) is 2.85. The first-order valence-corrected chi connectivity index (χ1v) is 6.22.